The van der Waals surface area contributed by atoms with Crippen molar-refractivity contribution in [1.29, 1.82) is 5.26 Å². The van der Waals surface area contributed by atoms with E-state index in [1.165, 1.54) is 16.3 Å². The third kappa shape index (κ3) is 3.57. The molecule has 6 heteroatoms. The number of benzene rings is 1. The normalized spacial score (nSPS) is 13.7. The molecule has 1 saturated carbocycles. The first-order valence-electron chi connectivity index (χ1n) is 8.91. The lowest BCUT2D eigenvalue weighted by atomic mass is 9.98. The van der Waals surface area contributed by atoms with Gasteiger partial charge >= 0.3 is 5.69 Å². The fraction of sp³-hybridized carbons (Fsp3) is 0.450. The SMILES string of the molecule is Cc1cc(OCCn2c(=O)c(C#N)cn(C3CC3)c2=O)ccc1C(C)C. The zero-order chi connectivity index (χ0) is 18.8. The molecule has 1 aromatic carbocycles. The van der Waals surface area contributed by atoms with Gasteiger partial charge in [-0.2, -0.15) is 5.26 Å². The number of aromatic nitrogens is 2. The van der Waals surface area contributed by atoms with Gasteiger partial charge in [0.2, 0.25) is 0 Å². The van der Waals surface area contributed by atoms with Gasteiger partial charge in [0.05, 0.1) is 6.54 Å². The monoisotopic (exact) mass is 353 g/mol. The van der Waals surface area contributed by atoms with Crippen LogP contribution in [0.15, 0.2) is 34.0 Å². The highest BCUT2D eigenvalue weighted by Crippen LogP contribution is 2.33. The highest BCUT2D eigenvalue weighted by atomic mass is 16.5. The van der Waals surface area contributed by atoms with Crippen molar-refractivity contribution in [1.82, 2.24) is 9.13 Å². The smallest absolute Gasteiger partial charge is 0.331 e. The molecule has 0 spiro atoms. The van der Waals surface area contributed by atoms with E-state index < -0.39 is 5.56 Å². The van der Waals surface area contributed by atoms with Gasteiger partial charge in [-0.05, 0) is 48.9 Å². The van der Waals surface area contributed by atoms with Gasteiger partial charge in [0.1, 0.15) is 24.0 Å². The average molecular weight is 353 g/mol. The molecule has 0 N–H and O–H groups in total. The van der Waals surface area contributed by atoms with Crippen LogP contribution >= 0.6 is 0 Å². The molecule has 1 heterocycles. The minimum Gasteiger partial charge on any atom is -0.492 e. The molecule has 3 rings (SSSR count). The predicted octanol–water partition coefficient (Wildman–Crippen LogP) is 2.73. The maximum Gasteiger partial charge on any atom is 0.331 e. The number of nitriles is 1. The first-order chi connectivity index (χ1) is 12.4. The van der Waals surface area contributed by atoms with Crippen LogP contribution in [0, 0.1) is 18.3 Å². The predicted molar refractivity (Wildman–Crippen MR) is 98.7 cm³/mol. The second kappa shape index (κ2) is 7.20. The molecular formula is C20H23N3O3. The Morgan fingerprint density at radius 1 is 1.31 bits per heavy atom. The molecule has 0 unspecified atom stereocenters. The first kappa shape index (κ1) is 18.0. The molecule has 6 nitrogen and oxygen atoms in total. The van der Waals surface area contributed by atoms with Crippen molar-refractivity contribution < 1.29 is 4.74 Å². The summed E-state index contributed by atoms with van der Waals surface area (Å²) in [5.41, 5.74) is 1.49. The van der Waals surface area contributed by atoms with Gasteiger partial charge in [0.15, 0.2) is 0 Å². The lowest BCUT2D eigenvalue weighted by Gasteiger charge is -2.13. The Morgan fingerprint density at radius 2 is 2.04 bits per heavy atom. The van der Waals surface area contributed by atoms with Crippen molar-refractivity contribution in [3.05, 3.63) is 61.9 Å². The van der Waals surface area contributed by atoms with Crippen molar-refractivity contribution in [2.45, 2.75) is 52.1 Å². The van der Waals surface area contributed by atoms with Crippen LogP contribution in [-0.2, 0) is 6.54 Å². The summed E-state index contributed by atoms with van der Waals surface area (Å²) in [4.78, 5) is 24.8. The largest absolute Gasteiger partial charge is 0.492 e. The highest BCUT2D eigenvalue weighted by molar-refractivity contribution is 5.36. The molecular weight excluding hydrogens is 330 g/mol. The number of hydrogen-bond donors (Lipinski definition) is 0. The number of hydrogen-bond acceptors (Lipinski definition) is 4. The Kier molecular flexibility index (Phi) is 4.99. The molecule has 136 valence electrons. The fourth-order valence-electron chi connectivity index (χ4n) is 3.15. The molecule has 1 aliphatic carbocycles. The van der Waals surface area contributed by atoms with E-state index >= 15 is 0 Å². The van der Waals surface area contributed by atoms with E-state index in [4.69, 9.17) is 10.00 Å². The zero-order valence-corrected chi connectivity index (χ0v) is 15.4. The van der Waals surface area contributed by atoms with Gasteiger partial charge in [0, 0.05) is 12.2 Å². The molecule has 0 radical (unpaired) electrons. The quantitative estimate of drug-likeness (QED) is 0.800. The van der Waals surface area contributed by atoms with E-state index in [0.717, 1.165) is 23.0 Å². The van der Waals surface area contributed by atoms with E-state index in [1.54, 1.807) is 0 Å². The summed E-state index contributed by atoms with van der Waals surface area (Å²) in [5, 5.41) is 9.16. The number of aryl methyl sites for hydroxylation is 1. The van der Waals surface area contributed by atoms with Crippen molar-refractivity contribution in [2.24, 2.45) is 0 Å². The van der Waals surface area contributed by atoms with Gasteiger partial charge in [-0.1, -0.05) is 19.9 Å². The second-order valence-electron chi connectivity index (χ2n) is 7.05. The molecule has 2 aromatic rings. The molecule has 1 fully saturated rings. The van der Waals surface area contributed by atoms with E-state index in [0.29, 0.717) is 11.7 Å². The number of nitrogens with zero attached hydrogens (tertiary/aromatic N) is 3. The van der Waals surface area contributed by atoms with E-state index in [-0.39, 0.29) is 30.4 Å². The Morgan fingerprint density at radius 3 is 2.62 bits per heavy atom. The lowest BCUT2D eigenvalue weighted by molar-refractivity contribution is 0.291. The van der Waals surface area contributed by atoms with Crippen LogP contribution in [0.3, 0.4) is 0 Å². The van der Waals surface area contributed by atoms with Crippen LogP contribution in [-0.4, -0.2) is 15.7 Å². The Balaban J connectivity index is 1.77. The maximum absolute atomic E-state index is 12.5. The van der Waals surface area contributed by atoms with E-state index in [2.05, 4.69) is 13.8 Å². The Hall–Kier alpha value is -2.81. The van der Waals surface area contributed by atoms with Crippen molar-refractivity contribution in [2.75, 3.05) is 6.61 Å². The molecule has 0 amide bonds. The van der Waals surface area contributed by atoms with Crippen LogP contribution in [0.25, 0.3) is 0 Å². The third-order valence-electron chi connectivity index (χ3n) is 4.70. The van der Waals surface area contributed by atoms with Gasteiger partial charge in [-0.3, -0.25) is 13.9 Å². The van der Waals surface area contributed by atoms with Crippen LogP contribution < -0.4 is 16.0 Å². The summed E-state index contributed by atoms with van der Waals surface area (Å²) in [6.45, 7) is 6.63. The summed E-state index contributed by atoms with van der Waals surface area (Å²) in [5.74, 6) is 1.15. The van der Waals surface area contributed by atoms with Crippen molar-refractivity contribution in [3.63, 3.8) is 0 Å². The van der Waals surface area contributed by atoms with Crippen LogP contribution in [0.1, 0.15) is 55.3 Å². The summed E-state index contributed by atoms with van der Waals surface area (Å²) < 4.78 is 8.34. The molecule has 0 aliphatic heterocycles. The van der Waals surface area contributed by atoms with Crippen LogP contribution in [0.4, 0.5) is 0 Å². The van der Waals surface area contributed by atoms with Crippen molar-refractivity contribution in [3.8, 4) is 11.8 Å². The van der Waals surface area contributed by atoms with E-state index in [1.807, 2.05) is 31.2 Å². The van der Waals surface area contributed by atoms with Crippen LogP contribution in [0.2, 0.25) is 0 Å². The summed E-state index contributed by atoms with van der Waals surface area (Å²) in [7, 11) is 0. The standard InChI is InChI=1S/C20H23N3O3/c1-13(2)18-7-6-17(10-14(18)3)26-9-8-22-19(24)15(11-21)12-23(20(22)25)16-4-5-16/h6-7,10,12-13,16H,4-5,8-9H2,1-3H3. The summed E-state index contributed by atoms with van der Waals surface area (Å²) in [6, 6.07) is 7.90. The van der Waals surface area contributed by atoms with Gasteiger partial charge in [-0.15, -0.1) is 0 Å². The molecule has 0 atom stereocenters. The first-order valence-corrected chi connectivity index (χ1v) is 8.91. The minimum atomic E-state index is -0.552. The van der Waals surface area contributed by atoms with E-state index in [9.17, 15) is 9.59 Å². The molecule has 0 bridgehead atoms. The van der Waals surface area contributed by atoms with Crippen molar-refractivity contribution >= 4 is 0 Å². The maximum atomic E-state index is 12.5. The second-order valence-corrected chi connectivity index (χ2v) is 7.05. The Bertz CT molecular complexity index is 975. The summed E-state index contributed by atoms with van der Waals surface area (Å²) in [6.07, 6.45) is 3.19. The third-order valence-corrected chi connectivity index (χ3v) is 4.70. The highest BCUT2D eigenvalue weighted by Gasteiger charge is 2.26. The minimum absolute atomic E-state index is 0.00590. The Labute approximate surface area is 152 Å². The van der Waals surface area contributed by atoms with Gasteiger partial charge in [-0.25, -0.2) is 4.79 Å². The van der Waals surface area contributed by atoms with Crippen LogP contribution in [0.5, 0.6) is 5.75 Å². The molecule has 26 heavy (non-hydrogen) atoms. The fourth-order valence-corrected chi connectivity index (χ4v) is 3.15. The summed E-state index contributed by atoms with van der Waals surface area (Å²) >= 11 is 0. The van der Waals surface area contributed by atoms with Gasteiger partial charge < -0.3 is 4.74 Å². The molecule has 1 aromatic heterocycles. The van der Waals surface area contributed by atoms with Gasteiger partial charge in [0.25, 0.3) is 5.56 Å². The average Bonchev–Trinajstić information content (AvgIpc) is 3.42. The number of ether oxygens (including phenoxy) is 1. The lowest BCUT2D eigenvalue weighted by Crippen LogP contribution is -2.41. The molecule has 0 saturated heterocycles. The molecule has 1 aliphatic rings. The number of rotatable bonds is 6. The zero-order valence-electron chi connectivity index (χ0n) is 15.4. The topological polar surface area (TPSA) is 77.0 Å².